The molecular weight excluding hydrogens is 1320 g/mol. The Morgan fingerprint density at radius 2 is 1.35 bits per heavy atom. The van der Waals surface area contributed by atoms with Crippen LogP contribution in [0.2, 0.25) is 0 Å². The number of likely N-dealkylation sites (tertiary alicyclic amines) is 2. The number of methoxy groups -OCH3 is 1. The van der Waals surface area contributed by atoms with Crippen LogP contribution in [-0.4, -0.2) is 144 Å². The summed E-state index contributed by atoms with van der Waals surface area (Å²) >= 11 is 7.32. The van der Waals surface area contributed by atoms with Gasteiger partial charge in [-0.1, -0.05) is 44.2 Å². The van der Waals surface area contributed by atoms with Gasteiger partial charge < -0.3 is 51.5 Å². The van der Waals surface area contributed by atoms with Gasteiger partial charge in [-0.15, -0.1) is 68.0 Å². The number of rotatable bonds is 12. The van der Waals surface area contributed by atoms with Gasteiger partial charge in [0, 0.05) is 77.1 Å². The van der Waals surface area contributed by atoms with E-state index in [1.807, 2.05) is 36.3 Å². The number of aryl methyl sites for hydroxylation is 1. The minimum atomic E-state index is -1.27. The lowest BCUT2D eigenvalue weighted by Crippen LogP contribution is -2.48. The third-order valence-electron chi connectivity index (χ3n) is 17.4. The van der Waals surface area contributed by atoms with Crippen LogP contribution < -0.4 is 31.9 Å². The van der Waals surface area contributed by atoms with Crippen LogP contribution >= 0.6 is 68.0 Å². The van der Waals surface area contributed by atoms with Gasteiger partial charge in [-0.2, -0.15) is 0 Å². The van der Waals surface area contributed by atoms with Crippen molar-refractivity contribution in [2.24, 2.45) is 17.8 Å². The van der Waals surface area contributed by atoms with E-state index in [0.717, 1.165) is 50.4 Å². The van der Waals surface area contributed by atoms with Gasteiger partial charge in [-0.05, 0) is 95.0 Å². The highest BCUT2D eigenvalue weighted by atomic mass is 32.1. The molecule has 10 heterocycles. The van der Waals surface area contributed by atoms with Crippen molar-refractivity contribution in [1.29, 1.82) is 0 Å². The number of carbonyl (C=O) groups excluding carboxylic acids is 7. The number of benzene rings is 1. The zero-order chi connectivity index (χ0) is 65.7. The number of pyridine rings is 1. The van der Waals surface area contributed by atoms with E-state index in [9.17, 15) is 38.7 Å². The standard InChI is InChI=1S/C64H71N15O9S6/c1-32(2)48-63-77-51(44(94-63)27-88-5)56(85)66-26-47(81)74-52(53(82)34-11-7-6-8-12-34)62-71-43(30-91-62)60-69-41(28-90-60)50-38(58-70-42(29-89-58)55(84)68-40(25-46(80)65-4)61-76-49(33(3)93-61)57(86)75-48)17-18-39(67-50)59-73-45(31-92-59)72-54(83)35-13-15-36(16-14-35)64(87)79-23-19-37(20-24-79)78-21-9-10-22-78/h6-8,11-12,17-18,28-32,35-37,40,48,52-53,82H,9-10,13-16,19-27H2,1-5H3,(H,65,80)(H,66,85)(H,68,84)(H,72,83)(H,74,81)(H,75,86)/t35-,36-,40-,48-,52-,53-/m0/s1. The average Bonchev–Trinajstić information content (AvgIpc) is 1.64. The van der Waals surface area contributed by atoms with Gasteiger partial charge >= 0.3 is 0 Å². The van der Waals surface area contributed by atoms with Gasteiger partial charge in [0.2, 0.25) is 23.6 Å². The maximum atomic E-state index is 14.4. The molecular formula is C64H71N15O9S6. The summed E-state index contributed by atoms with van der Waals surface area (Å²) in [5, 5.41) is 38.7. The molecule has 1 saturated carbocycles. The van der Waals surface area contributed by atoms with Crippen molar-refractivity contribution in [3.05, 3.63) is 111 Å². The zero-order valence-corrected chi connectivity index (χ0v) is 57.2. The van der Waals surface area contributed by atoms with E-state index in [2.05, 4.69) is 36.8 Å². The number of aromatic nitrogens is 7. The molecule has 492 valence electrons. The molecule has 30 heteroatoms. The zero-order valence-electron chi connectivity index (χ0n) is 52.3. The first-order chi connectivity index (χ1) is 45.5. The third kappa shape index (κ3) is 14.9. The normalized spacial score (nSPS) is 20.6. The summed E-state index contributed by atoms with van der Waals surface area (Å²) in [5.41, 5.74) is 2.87. The number of aliphatic hydroxyl groups is 1. The van der Waals surface area contributed by atoms with E-state index in [1.165, 1.54) is 83.7 Å². The molecule has 4 atom stereocenters. The number of amides is 7. The first-order valence-electron chi connectivity index (χ1n) is 31.3. The summed E-state index contributed by atoms with van der Waals surface area (Å²) in [6.07, 6.45) is 5.60. The van der Waals surface area contributed by atoms with Crippen LogP contribution in [0.5, 0.6) is 0 Å². The minimum Gasteiger partial charge on any atom is -0.386 e. The fourth-order valence-electron chi connectivity index (χ4n) is 12.3. The van der Waals surface area contributed by atoms with Crippen molar-refractivity contribution >= 4 is 115 Å². The Hall–Kier alpha value is -7.68. The number of piperidine rings is 1. The number of hydrogen-bond acceptors (Lipinski definition) is 23. The van der Waals surface area contributed by atoms with Crippen molar-refractivity contribution in [3.63, 3.8) is 0 Å². The Morgan fingerprint density at radius 3 is 2.10 bits per heavy atom. The first-order valence-corrected chi connectivity index (χ1v) is 36.4. The highest BCUT2D eigenvalue weighted by Crippen LogP contribution is 2.41. The molecule has 4 aliphatic rings. The number of anilines is 1. The average molecular weight is 1390 g/mol. The van der Waals surface area contributed by atoms with Crippen LogP contribution in [0.4, 0.5) is 5.82 Å². The van der Waals surface area contributed by atoms with E-state index < -0.39 is 60.3 Å². The smallest absolute Gasteiger partial charge is 0.271 e. The monoisotopic (exact) mass is 1390 g/mol. The first kappa shape index (κ1) is 66.3. The maximum absolute atomic E-state index is 14.4. The van der Waals surface area contributed by atoms with Crippen LogP contribution in [0.3, 0.4) is 0 Å². The fourth-order valence-corrected chi connectivity index (χ4v) is 17.8. The predicted molar refractivity (Wildman–Crippen MR) is 361 cm³/mol. The quantitative estimate of drug-likeness (QED) is 0.0599. The third-order valence-corrected chi connectivity index (χ3v) is 23.1. The predicted octanol–water partition coefficient (Wildman–Crippen LogP) is 9.14. The van der Waals surface area contributed by atoms with Crippen LogP contribution in [0, 0.1) is 24.7 Å². The molecule has 1 aromatic carbocycles. The van der Waals surface area contributed by atoms with E-state index in [4.69, 9.17) is 39.6 Å². The summed E-state index contributed by atoms with van der Waals surface area (Å²) in [7, 11) is 2.96. The van der Waals surface area contributed by atoms with Crippen LogP contribution in [-0.2, 0) is 30.5 Å². The SMILES string of the molecule is CNC(=O)C[C@@H]1NC(=O)c2csc(n2)-c2ccc(-c3nc(NC(=O)[C@H]4CC[C@H](C(=O)N5CCC(N6CCCC6)CC5)CC4)cs3)nc2-c2csc(n2)-c2csc(n2)[C@H]([C@@H](O)c2ccccc2)NC(=O)CNC(=O)c2nc(sc2COC)[C@H](C(C)C)NC(=O)c2nc1sc2C. The molecule has 10 bridgehead atoms. The van der Waals surface area contributed by atoms with E-state index in [-0.39, 0.29) is 59.7 Å². The Morgan fingerprint density at radius 1 is 0.660 bits per heavy atom. The molecule has 3 aliphatic heterocycles. The highest BCUT2D eigenvalue weighted by molar-refractivity contribution is 7.15. The van der Waals surface area contributed by atoms with Crippen molar-refractivity contribution in [2.75, 3.05) is 52.2 Å². The van der Waals surface area contributed by atoms with Gasteiger partial charge in [0.1, 0.15) is 82.2 Å². The Balaban J connectivity index is 0.842. The largest absolute Gasteiger partial charge is 0.386 e. The molecule has 3 fully saturated rings. The molecule has 24 nitrogen and oxygen atoms in total. The lowest BCUT2D eigenvalue weighted by molar-refractivity contribution is -0.139. The minimum absolute atomic E-state index is 0.00353. The molecule has 2 saturated heterocycles. The number of nitrogens with one attached hydrogen (secondary N) is 6. The fraction of sp³-hybridized carbons (Fsp3) is 0.438. The number of ether oxygens (including phenoxy) is 1. The van der Waals surface area contributed by atoms with Gasteiger partial charge in [0.05, 0.1) is 42.2 Å². The highest BCUT2D eigenvalue weighted by Gasteiger charge is 2.37. The van der Waals surface area contributed by atoms with Crippen molar-refractivity contribution in [3.8, 4) is 43.4 Å². The van der Waals surface area contributed by atoms with Gasteiger partial charge in [0.25, 0.3) is 17.7 Å². The molecule has 0 spiro atoms. The second-order valence-corrected chi connectivity index (χ2v) is 29.8. The topological polar surface area (TPSA) is 318 Å². The number of nitrogens with zero attached hydrogens (tertiary/aromatic N) is 9. The van der Waals surface area contributed by atoms with E-state index in [0.29, 0.717) is 111 Å². The maximum Gasteiger partial charge on any atom is 0.271 e. The van der Waals surface area contributed by atoms with Crippen LogP contribution in [0.15, 0.2) is 64.0 Å². The molecule has 0 radical (unpaired) electrons. The van der Waals surface area contributed by atoms with Crippen LogP contribution in [0.1, 0.15) is 158 Å². The second kappa shape index (κ2) is 29.5. The molecule has 1 aliphatic carbocycles. The molecule has 94 heavy (non-hydrogen) atoms. The number of hydrogen-bond donors (Lipinski definition) is 7. The summed E-state index contributed by atoms with van der Waals surface area (Å²) in [5.74, 6) is -2.98. The number of thiazole rings is 6. The van der Waals surface area contributed by atoms with Crippen molar-refractivity contribution in [1.82, 2.24) is 71.3 Å². The molecule has 7 amide bonds. The Bertz CT molecular complexity index is 4080. The molecule has 7 N–H and O–H groups in total. The summed E-state index contributed by atoms with van der Waals surface area (Å²) in [6.45, 7) is 8.91. The number of aliphatic hydroxyl groups excluding tert-OH is 1. The molecule has 7 aromatic heterocycles. The Labute approximate surface area is 566 Å². The Kier molecular flexibility index (Phi) is 20.8. The lowest BCUT2D eigenvalue weighted by atomic mass is 9.80. The van der Waals surface area contributed by atoms with E-state index >= 15 is 0 Å². The summed E-state index contributed by atoms with van der Waals surface area (Å²) < 4.78 is 5.47. The van der Waals surface area contributed by atoms with Crippen molar-refractivity contribution < 1.29 is 43.4 Å². The lowest BCUT2D eigenvalue weighted by Gasteiger charge is -2.39. The molecule has 8 aromatic rings. The van der Waals surface area contributed by atoms with Crippen molar-refractivity contribution in [2.45, 2.75) is 115 Å². The van der Waals surface area contributed by atoms with E-state index in [1.54, 1.807) is 53.4 Å². The molecule has 12 rings (SSSR count). The summed E-state index contributed by atoms with van der Waals surface area (Å²) in [4.78, 5) is 137. The van der Waals surface area contributed by atoms with Gasteiger partial charge in [-0.25, -0.2) is 34.9 Å². The van der Waals surface area contributed by atoms with Gasteiger partial charge in [0.15, 0.2) is 0 Å². The number of fused-ring (bicyclic) bond motifs is 14. The van der Waals surface area contributed by atoms with Gasteiger partial charge in [-0.3, -0.25) is 33.6 Å². The second-order valence-electron chi connectivity index (χ2n) is 24.0. The molecule has 0 unspecified atom stereocenters. The van der Waals surface area contributed by atoms with Crippen LogP contribution in [0.25, 0.3) is 43.4 Å². The number of carbonyl (C=O) groups is 7. The summed E-state index contributed by atoms with van der Waals surface area (Å²) in [6, 6.07) is 10.2.